The molecule has 1 amide bonds. The van der Waals surface area contributed by atoms with E-state index in [-0.39, 0.29) is 23.7 Å². The molecule has 1 aliphatic carbocycles. The second-order valence-electron chi connectivity index (χ2n) is 4.54. The summed E-state index contributed by atoms with van der Waals surface area (Å²) in [5.74, 6) is -0.903. The van der Waals surface area contributed by atoms with Crippen LogP contribution >= 0.6 is 0 Å². The minimum Gasteiger partial charge on any atom is -0.481 e. The van der Waals surface area contributed by atoms with Crippen LogP contribution in [0.1, 0.15) is 33.1 Å². The number of carbonyl (C=O) groups is 2. The maximum Gasteiger partial charge on any atom is 0.306 e. The van der Waals surface area contributed by atoms with Crippen LogP contribution in [0.4, 0.5) is 0 Å². The van der Waals surface area contributed by atoms with Crippen molar-refractivity contribution in [2.45, 2.75) is 33.1 Å². The first-order valence-electron chi connectivity index (χ1n) is 5.53. The van der Waals surface area contributed by atoms with Gasteiger partial charge < -0.3 is 10.4 Å². The molecule has 1 rings (SSSR count). The standard InChI is InChI=1S/C11H19NO3/c1-7(2)10(13)12-6-8-4-3-5-9(8)11(14)15/h7-9H,3-6H2,1-2H3,(H,12,13)(H,14,15). The Labute approximate surface area is 90.0 Å². The van der Waals surface area contributed by atoms with Crippen LogP contribution in [0.5, 0.6) is 0 Å². The molecule has 15 heavy (non-hydrogen) atoms. The number of hydrogen-bond acceptors (Lipinski definition) is 2. The van der Waals surface area contributed by atoms with Gasteiger partial charge in [0, 0.05) is 12.5 Å². The number of nitrogens with one attached hydrogen (secondary N) is 1. The third-order valence-corrected chi connectivity index (χ3v) is 3.04. The molecular weight excluding hydrogens is 194 g/mol. The Bertz CT molecular complexity index is 250. The van der Waals surface area contributed by atoms with Crippen molar-refractivity contribution in [1.82, 2.24) is 5.32 Å². The van der Waals surface area contributed by atoms with Crippen LogP contribution in [-0.4, -0.2) is 23.5 Å². The summed E-state index contributed by atoms with van der Waals surface area (Å²) in [6.45, 7) is 4.17. The molecule has 0 heterocycles. The van der Waals surface area contributed by atoms with E-state index in [1.807, 2.05) is 13.8 Å². The molecule has 2 N–H and O–H groups in total. The van der Waals surface area contributed by atoms with Gasteiger partial charge >= 0.3 is 5.97 Å². The molecule has 2 atom stereocenters. The fraction of sp³-hybridized carbons (Fsp3) is 0.818. The maximum atomic E-state index is 11.3. The lowest BCUT2D eigenvalue weighted by molar-refractivity contribution is -0.143. The van der Waals surface area contributed by atoms with Crippen molar-refractivity contribution in [2.24, 2.45) is 17.8 Å². The molecule has 0 bridgehead atoms. The van der Waals surface area contributed by atoms with E-state index in [9.17, 15) is 9.59 Å². The van der Waals surface area contributed by atoms with Gasteiger partial charge in [-0.2, -0.15) is 0 Å². The van der Waals surface area contributed by atoms with Gasteiger partial charge in [-0.05, 0) is 18.8 Å². The topological polar surface area (TPSA) is 66.4 Å². The normalized spacial score (nSPS) is 25.5. The van der Waals surface area contributed by atoms with Gasteiger partial charge in [0.05, 0.1) is 5.92 Å². The van der Waals surface area contributed by atoms with Gasteiger partial charge in [0.1, 0.15) is 0 Å². The maximum absolute atomic E-state index is 11.3. The molecule has 86 valence electrons. The number of carbonyl (C=O) groups excluding carboxylic acids is 1. The Balaban J connectivity index is 2.38. The molecule has 0 radical (unpaired) electrons. The predicted octanol–water partition coefficient (Wildman–Crippen LogP) is 1.26. The van der Waals surface area contributed by atoms with Crippen LogP contribution in [0.2, 0.25) is 0 Å². The third-order valence-electron chi connectivity index (χ3n) is 3.04. The van der Waals surface area contributed by atoms with Crippen LogP contribution in [0.3, 0.4) is 0 Å². The quantitative estimate of drug-likeness (QED) is 0.738. The van der Waals surface area contributed by atoms with Crippen molar-refractivity contribution in [1.29, 1.82) is 0 Å². The summed E-state index contributed by atoms with van der Waals surface area (Å²) in [6, 6.07) is 0. The molecular formula is C11H19NO3. The summed E-state index contributed by atoms with van der Waals surface area (Å²) in [6.07, 6.45) is 2.62. The highest BCUT2D eigenvalue weighted by Gasteiger charge is 2.32. The highest BCUT2D eigenvalue weighted by molar-refractivity contribution is 5.78. The lowest BCUT2D eigenvalue weighted by Crippen LogP contribution is -2.35. The van der Waals surface area contributed by atoms with Crippen LogP contribution in [0.25, 0.3) is 0 Å². The molecule has 0 aromatic carbocycles. The fourth-order valence-electron chi connectivity index (χ4n) is 2.04. The average molecular weight is 213 g/mol. The van der Waals surface area contributed by atoms with Crippen molar-refractivity contribution in [2.75, 3.05) is 6.54 Å². The Kier molecular flexibility index (Phi) is 4.12. The van der Waals surface area contributed by atoms with E-state index in [1.54, 1.807) is 0 Å². The minimum atomic E-state index is -0.726. The summed E-state index contributed by atoms with van der Waals surface area (Å²) in [5, 5.41) is 11.8. The van der Waals surface area contributed by atoms with Crippen LogP contribution < -0.4 is 5.32 Å². The largest absolute Gasteiger partial charge is 0.481 e. The smallest absolute Gasteiger partial charge is 0.306 e. The third kappa shape index (κ3) is 3.22. The molecule has 1 aliphatic rings. The van der Waals surface area contributed by atoms with E-state index in [4.69, 9.17) is 5.11 Å². The first-order valence-corrected chi connectivity index (χ1v) is 5.53. The molecule has 4 heteroatoms. The Morgan fingerprint density at radius 2 is 2.07 bits per heavy atom. The average Bonchev–Trinajstić information content (AvgIpc) is 2.61. The van der Waals surface area contributed by atoms with E-state index in [0.29, 0.717) is 6.54 Å². The van der Waals surface area contributed by atoms with E-state index >= 15 is 0 Å². The zero-order valence-corrected chi connectivity index (χ0v) is 9.32. The van der Waals surface area contributed by atoms with Crippen molar-refractivity contribution >= 4 is 11.9 Å². The predicted molar refractivity (Wildman–Crippen MR) is 56.3 cm³/mol. The lowest BCUT2D eigenvalue weighted by atomic mass is 9.96. The number of rotatable bonds is 4. The van der Waals surface area contributed by atoms with Crippen LogP contribution in [0, 0.1) is 17.8 Å². The summed E-state index contributed by atoms with van der Waals surface area (Å²) < 4.78 is 0. The van der Waals surface area contributed by atoms with E-state index in [2.05, 4.69) is 5.32 Å². The van der Waals surface area contributed by atoms with Gasteiger partial charge in [-0.15, -0.1) is 0 Å². The molecule has 0 saturated heterocycles. The summed E-state index contributed by atoms with van der Waals surface area (Å²) >= 11 is 0. The number of aliphatic carboxylic acids is 1. The van der Waals surface area contributed by atoms with E-state index < -0.39 is 5.97 Å². The monoisotopic (exact) mass is 213 g/mol. The van der Waals surface area contributed by atoms with E-state index in [0.717, 1.165) is 19.3 Å². The molecule has 2 unspecified atom stereocenters. The summed E-state index contributed by atoms with van der Waals surface area (Å²) in [7, 11) is 0. The first-order chi connectivity index (χ1) is 7.02. The number of hydrogen-bond donors (Lipinski definition) is 2. The second-order valence-corrected chi connectivity index (χ2v) is 4.54. The molecule has 4 nitrogen and oxygen atoms in total. The number of carboxylic acids is 1. The summed E-state index contributed by atoms with van der Waals surface area (Å²) in [4.78, 5) is 22.2. The SMILES string of the molecule is CC(C)C(=O)NCC1CCCC1C(=O)O. The zero-order valence-electron chi connectivity index (χ0n) is 9.32. The molecule has 0 aromatic heterocycles. The van der Waals surface area contributed by atoms with E-state index in [1.165, 1.54) is 0 Å². The van der Waals surface area contributed by atoms with Crippen molar-refractivity contribution in [3.63, 3.8) is 0 Å². The Morgan fingerprint density at radius 3 is 2.60 bits per heavy atom. The minimum absolute atomic E-state index is 0.00559. The van der Waals surface area contributed by atoms with Gasteiger partial charge in [0.15, 0.2) is 0 Å². The Hall–Kier alpha value is -1.06. The lowest BCUT2D eigenvalue weighted by Gasteiger charge is -2.17. The van der Waals surface area contributed by atoms with Gasteiger partial charge in [-0.1, -0.05) is 20.3 Å². The first kappa shape index (κ1) is 12.0. The van der Waals surface area contributed by atoms with Gasteiger partial charge in [0.2, 0.25) is 5.91 Å². The highest BCUT2D eigenvalue weighted by atomic mass is 16.4. The van der Waals surface area contributed by atoms with Crippen molar-refractivity contribution in [3.05, 3.63) is 0 Å². The second kappa shape index (κ2) is 5.14. The fourth-order valence-corrected chi connectivity index (χ4v) is 2.04. The van der Waals surface area contributed by atoms with Crippen molar-refractivity contribution in [3.8, 4) is 0 Å². The Morgan fingerprint density at radius 1 is 1.40 bits per heavy atom. The number of carboxylic acid groups (broad SMARTS) is 1. The van der Waals surface area contributed by atoms with Gasteiger partial charge in [0.25, 0.3) is 0 Å². The molecule has 1 fully saturated rings. The molecule has 0 aliphatic heterocycles. The van der Waals surface area contributed by atoms with Gasteiger partial charge in [-0.25, -0.2) is 0 Å². The summed E-state index contributed by atoms with van der Waals surface area (Å²) in [5.41, 5.74) is 0. The van der Waals surface area contributed by atoms with Crippen molar-refractivity contribution < 1.29 is 14.7 Å². The zero-order chi connectivity index (χ0) is 11.4. The number of amides is 1. The van der Waals surface area contributed by atoms with Crippen LogP contribution in [-0.2, 0) is 9.59 Å². The van der Waals surface area contributed by atoms with Gasteiger partial charge in [-0.3, -0.25) is 9.59 Å². The highest BCUT2D eigenvalue weighted by Crippen LogP contribution is 2.31. The molecule has 0 spiro atoms. The molecule has 0 aromatic rings. The van der Waals surface area contributed by atoms with Crippen LogP contribution in [0.15, 0.2) is 0 Å². The molecule has 1 saturated carbocycles.